The Balaban J connectivity index is 2.36. The van der Waals surface area contributed by atoms with Crippen LogP contribution in [0.2, 0.25) is 0 Å². The van der Waals surface area contributed by atoms with Gasteiger partial charge in [-0.3, -0.25) is 0 Å². The van der Waals surface area contributed by atoms with E-state index in [2.05, 4.69) is 54.4 Å². The molecule has 0 fully saturated rings. The third-order valence-electron chi connectivity index (χ3n) is 3.17. The molecule has 2 nitrogen and oxygen atoms in total. The van der Waals surface area contributed by atoms with Crippen LogP contribution in [0.15, 0.2) is 30.3 Å². The predicted molar refractivity (Wildman–Crippen MR) is 81.3 cm³/mol. The molecule has 0 spiro atoms. The molecule has 1 N–H and O–H groups in total. The number of hydrogen-bond acceptors (Lipinski definition) is 2. The van der Waals surface area contributed by atoms with Gasteiger partial charge in [0.05, 0.1) is 0 Å². The van der Waals surface area contributed by atoms with Gasteiger partial charge in [-0.25, -0.2) is 0 Å². The van der Waals surface area contributed by atoms with E-state index in [0.29, 0.717) is 0 Å². The number of nitrogens with zero attached hydrogens (tertiary/aromatic N) is 1. The first-order valence-corrected chi connectivity index (χ1v) is 7.39. The Morgan fingerprint density at radius 1 is 0.889 bits per heavy atom. The van der Waals surface area contributed by atoms with Gasteiger partial charge in [0.2, 0.25) is 0 Å². The molecule has 0 aliphatic carbocycles. The molecule has 18 heavy (non-hydrogen) atoms. The topological polar surface area (TPSA) is 15.3 Å². The summed E-state index contributed by atoms with van der Waals surface area (Å²) in [7, 11) is 0. The largest absolute Gasteiger partial charge is 0.370 e. The van der Waals surface area contributed by atoms with Crippen LogP contribution >= 0.6 is 0 Å². The summed E-state index contributed by atoms with van der Waals surface area (Å²) in [6.07, 6.45) is 5.07. The number of rotatable bonds is 10. The molecule has 0 heterocycles. The van der Waals surface area contributed by atoms with E-state index < -0.39 is 0 Å². The normalized spacial score (nSPS) is 10.6. The number of anilines is 1. The van der Waals surface area contributed by atoms with Gasteiger partial charge < -0.3 is 10.2 Å². The minimum atomic E-state index is 1.08. The SMILES string of the molecule is CCCCNCCN(CCCC)c1ccccc1. The number of nitrogens with one attached hydrogen (secondary N) is 1. The highest BCUT2D eigenvalue weighted by Crippen LogP contribution is 2.13. The maximum Gasteiger partial charge on any atom is 0.0366 e. The van der Waals surface area contributed by atoms with E-state index in [4.69, 9.17) is 0 Å². The van der Waals surface area contributed by atoms with Crippen molar-refractivity contribution in [3.63, 3.8) is 0 Å². The van der Waals surface area contributed by atoms with Crippen LogP contribution in [0.3, 0.4) is 0 Å². The lowest BCUT2D eigenvalue weighted by atomic mass is 10.2. The fraction of sp³-hybridized carbons (Fsp3) is 0.625. The monoisotopic (exact) mass is 248 g/mol. The van der Waals surface area contributed by atoms with E-state index in [1.165, 1.54) is 31.4 Å². The second kappa shape index (κ2) is 9.95. The Morgan fingerprint density at radius 2 is 1.61 bits per heavy atom. The van der Waals surface area contributed by atoms with Gasteiger partial charge in [0, 0.05) is 25.3 Å². The molecule has 0 saturated carbocycles. The van der Waals surface area contributed by atoms with Crippen molar-refractivity contribution >= 4 is 5.69 Å². The van der Waals surface area contributed by atoms with E-state index in [-0.39, 0.29) is 0 Å². The van der Waals surface area contributed by atoms with Gasteiger partial charge in [-0.1, -0.05) is 44.9 Å². The molecule has 0 radical (unpaired) electrons. The second-order valence-corrected chi connectivity index (χ2v) is 4.78. The van der Waals surface area contributed by atoms with E-state index >= 15 is 0 Å². The summed E-state index contributed by atoms with van der Waals surface area (Å²) in [4.78, 5) is 2.49. The van der Waals surface area contributed by atoms with Gasteiger partial charge >= 0.3 is 0 Å². The van der Waals surface area contributed by atoms with E-state index in [0.717, 1.165) is 26.2 Å². The van der Waals surface area contributed by atoms with E-state index in [1.54, 1.807) is 0 Å². The Kier molecular flexibility index (Phi) is 8.32. The van der Waals surface area contributed by atoms with Crippen LogP contribution in [0, 0.1) is 0 Å². The highest BCUT2D eigenvalue weighted by Gasteiger charge is 2.04. The lowest BCUT2D eigenvalue weighted by molar-refractivity contribution is 0.617. The van der Waals surface area contributed by atoms with Crippen molar-refractivity contribution in [3.05, 3.63) is 30.3 Å². The molecule has 0 aliphatic rings. The van der Waals surface area contributed by atoms with Crippen molar-refractivity contribution in [2.45, 2.75) is 39.5 Å². The summed E-state index contributed by atoms with van der Waals surface area (Å²) in [6, 6.07) is 10.8. The molecule has 2 heteroatoms. The molecule has 1 rings (SSSR count). The fourth-order valence-electron chi connectivity index (χ4n) is 2.00. The first kappa shape index (κ1) is 15.0. The number of hydrogen-bond donors (Lipinski definition) is 1. The molecular formula is C16H28N2. The molecule has 0 amide bonds. The van der Waals surface area contributed by atoms with Crippen molar-refractivity contribution < 1.29 is 0 Å². The Bertz CT molecular complexity index is 284. The molecule has 1 aromatic carbocycles. The summed E-state index contributed by atoms with van der Waals surface area (Å²) in [5, 5.41) is 3.52. The van der Waals surface area contributed by atoms with Crippen molar-refractivity contribution in [2.24, 2.45) is 0 Å². The number of para-hydroxylation sites is 1. The molecule has 0 aromatic heterocycles. The average Bonchev–Trinajstić information content (AvgIpc) is 2.43. The second-order valence-electron chi connectivity index (χ2n) is 4.78. The van der Waals surface area contributed by atoms with Crippen LogP contribution in [0.5, 0.6) is 0 Å². The average molecular weight is 248 g/mol. The van der Waals surface area contributed by atoms with Gasteiger partial charge in [-0.15, -0.1) is 0 Å². The Morgan fingerprint density at radius 3 is 2.28 bits per heavy atom. The van der Waals surface area contributed by atoms with Crippen LogP contribution in [-0.4, -0.2) is 26.2 Å². The van der Waals surface area contributed by atoms with Crippen molar-refractivity contribution in [1.29, 1.82) is 0 Å². The van der Waals surface area contributed by atoms with Crippen LogP contribution in [0.1, 0.15) is 39.5 Å². The summed E-state index contributed by atoms with van der Waals surface area (Å²) in [5.74, 6) is 0. The zero-order chi connectivity index (χ0) is 13.1. The summed E-state index contributed by atoms with van der Waals surface area (Å²) in [5.41, 5.74) is 1.35. The van der Waals surface area contributed by atoms with Crippen molar-refractivity contribution in [1.82, 2.24) is 5.32 Å². The molecule has 0 unspecified atom stereocenters. The van der Waals surface area contributed by atoms with Crippen LogP contribution in [0.4, 0.5) is 5.69 Å². The van der Waals surface area contributed by atoms with E-state index in [9.17, 15) is 0 Å². The van der Waals surface area contributed by atoms with Crippen LogP contribution in [0.25, 0.3) is 0 Å². The molecular weight excluding hydrogens is 220 g/mol. The standard InChI is InChI=1S/C16H28N2/c1-3-5-12-17-13-15-18(14-6-4-2)16-10-8-7-9-11-16/h7-11,17H,3-6,12-15H2,1-2H3. The fourth-order valence-corrected chi connectivity index (χ4v) is 2.00. The summed E-state index contributed by atoms with van der Waals surface area (Å²) < 4.78 is 0. The molecule has 102 valence electrons. The van der Waals surface area contributed by atoms with Crippen molar-refractivity contribution in [2.75, 3.05) is 31.1 Å². The minimum Gasteiger partial charge on any atom is -0.370 e. The van der Waals surface area contributed by atoms with Gasteiger partial charge in [0.25, 0.3) is 0 Å². The van der Waals surface area contributed by atoms with E-state index in [1.807, 2.05) is 0 Å². The van der Waals surface area contributed by atoms with Gasteiger partial charge in [-0.2, -0.15) is 0 Å². The van der Waals surface area contributed by atoms with Crippen LogP contribution < -0.4 is 10.2 Å². The van der Waals surface area contributed by atoms with Gasteiger partial charge in [0.15, 0.2) is 0 Å². The minimum absolute atomic E-state index is 1.08. The molecule has 0 atom stereocenters. The lowest BCUT2D eigenvalue weighted by Crippen LogP contribution is -2.33. The zero-order valence-electron chi connectivity index (χ0n) is 12.0. The maximum atomic E-state index is 3.52. The lowest BCUT2D eigenvalue weighted by Gasteiger charge is -2.25. The first-order valence-electron chi connectivity index (χ1n) is 7.39. The predicted octanol–water partition coefficient (Wildman–Crippen LogP) is 3.68. The van der Waals surface area contributed by atoms with Gasteiger partial charge in [0.1, 0.15) is 0 Å². The Hall–Kier alpha value is -1.02. The summed E-state index contributed by atoms with van der Waals surface area (Å²) >= 11 is 0. The third kappa shape index (κ3) is 6.06. The maximum absolute atomic E-state index is 3.52. The highest BCUT2D eigenvalue weighted by atomic mass is 15.1. The number of unbranched alkanes of at least 4 members (excludes halogenated alkanes) is 2. The zero-order valence-corrected chi connectivity index (χ0v) is 12.0. The summed E-state index contributed by atoms with van der Waals surface area (Å²) in [6.45, 7) is 8.98. The molecule has 0 aliphatic heterocycles. The quantitative estimate of drug-likeness (QED) is 0.635. The Labute approximate surface area is 112 Å². The van der Waals surface area contributed by atoms with Crippen LogP contribution in [-0.2, 0) is 0 Å². The van der Waals surface area contributed by atoms with Gasteiger partial charge in [-0.05, 0) is 31.5 Å². The third-order valence-corrected chi connectivity index (χ3v) is 3.17. The highest BCUT2D eigenvalue weighted by molar-refractivity contribution is 5.45. The molecule has 0 bridgehead atoms. The molecule has 1 aromatic rings. The van der Waals surface area contributed by atoms with Crippen molar-refractivity contribution in [3.8, 4) is 0 Å². The number of benzene rings is 1. The molecule has 0 saturated heterocycles. The first-order chi connectivity index (χ1) is 8.88. The smallest absolute Gasteiger partial charge is 0.0366 e.